The lowest BCUT2D eigenvalue weighted by atomic mass is 10.3. The molecule has 0 unspecified atom stereocenters. The van der Waals surface area contributed by atoms with Gasteiger partial charge in [0, 0.05) is 7.11 Å². The zero-order valence-corrected chi connectivity index (χ0v) is 11.9. The highest BCUT2D eigenvalue weighted by molar-refractivity contribution is 7.89. The maximum absolute atomic E-state index is 11.8. The largest absolute Gasteiger partial charge is 0.491 e. The van der Waals surface area contributed by atoms with Crippen molar-refractivity contribution >= 4 is 27.4 Å². The van der Waals surface area contributed by atoms with E-state index in [4.69, 9.17) is 15.2 Å². The molecular formula is C10H15N3O4S2. The minimum Gasteiger partial charge on any atom is -0.491 e. The van der Waals surface area contributed by atoms with Crippen molar-refractivity contribution in [3.63, 3.8) is 0 Å². The molecule has 0 saturated carbocycles. The van der Waals surface area contributed by atoms with Gasteiger partial charge in [-0.05, 0) is 36.5 Å². The van der Waals surface area contributed by atoms with Crippen molar-refractivity contribution in [1.29, 1.82) is 0 Å². The van der Waals surface area contributed by atoms with Crippen LogP contribution in [0, 0.1) is 0 Å². The van der Waals surface area contributed by atoms with Gasteiger partial charge in [-0.2, -0.15) is 0 Å². The predicted molar refractivity (Wildman–Crippen MR) is 74.1 cm³/mol. The Morgan fingerprint density at radius 1 is 1.32 bits per heavy atom. The molecule has 0 saturated heterocycles. The van der Waals surface area contributed by atoms with E-state index in [1.807, 2.05) is 4.83 Å². The van der Waals surface area contributed by atoms with Crippen molar-refractivity contribution in [3.8, 4) is 5.75 Å². The summed E-state index contributed by atoms with van der Waals surface area (Å²) in [5, 5.41) is -0.164. The van der Waals surface area contributed by atoms with Crippen LogP contribution < -0.4 is 20.7 Å². The summed E-state index contributed by atoms with van der Waals surface area (Å²) in [7, 11) is -2.14. The number of methoxy groups -OCH3 is 1. The molecule has 1 aromatic carbocycles. The van der Waals surface area contributed by atoms with Crippen LogP contribution in [0.5, 0.6) is 5.75 Å². The number of nitrogens with one attached hydrogen (secondary N) is 2. The molecule has 0 aromatic heterocycles. The molecule has 0 aliphatic rings. The molecule has 7 nitrogen and oxygen atoms in total. The standard InChI is InChI=1S/C10H15N3O4S2/c1-16-6-7-17-8-2-4-9(5-3-8)19(14,15)13-12-10(11)18/h2-5,13H,6-7H2,1H3,(H3,11,12,18). The van der Waals surface area contributed by atoms with E-state index in [2.05, 4.69) is 17.6 Å². The lowest BCUT2D eigenvalue weighted by Gasteiger charge is -2.09. The third-order valence-electron chi connectivity index (χ3n) is 2.00. The molecule has 1 rings (SSSR count). The smallest absolute Gasteiger partial charge is 0.257 e. The first kappa shape index (κ1) is 15.6. The van der Waals surface area contributed by atoms with Crippen molar-refractivity contribution in [3.05, 3.63) is 24.3 Å². The summed E-state index contributed by atoms with van der Waals surface area (Å²) in [6.07, 6.45) is 0. The van der Waals surface area contributed by atoms with Crippen molar-refractivity contribution in [1.82, 2.24) is 10.3 Å². The van der Waals surface area contributed by atoms with Crippen molar-refractivity contribution in [2.75, 3.05) is 20.3 Å². The summed E-state index contributed by atoms with van der Waals surface area (Å²) in [4.78, 5) is 2.11. The fourth-order valence-electron chi connectivity index (χ4n) is 1.13. The Hall–Kier alpha value is -1.42. The molecular weight excluding hydrogens is 290 g/mol. The van der Waals surface area contributed by atoms with E-state index in [9.17, 15) is 8.42 Å². The lowest BCUT2D eigenvalue weighted by molar-refractivity contribution is 0.146. The van der Waals surface area contributed by atoms with Crippen LogP contribution in [0.4, 0.5) is 0 Å². The highest BCUT2D eigenvalue weighted by Crippen LogP contribution is 2.15. The fraction of sp³-hybridized carbons (Fsp3) is 0.300. The van der Waals surface area contributed by atoms with Gasteiger partial charge in [-0.25, -0.2) is 8.42 Å². The van der Waals surface area contributed by atoms with Crippen LogP contribution in [-0.4, -0.2) is 33.9 Å². The average Bonchev–Trinajstić information content (AvgIpc) is 2.37. The Morgan fingerprint density at radius 3 is 2.47 bits per heavy atom. The van der Waals surface area contributed by atoms with E-state index < -0.39 is 10.0 Å². The van der Waals surface area contributed by atoms with Crippen LogP contribution >= 0.6 is 12.2 Å². The molecule has 0 aliphatic carbocycles. The van der Waals surface area contributed by atoms with Crippen LogP contribution in [-0.2, 0) is 14.8 Å². The number of nitrogens with two attached hydrogens (primary N) is 1. The van der Waals surface area contributed by atoms with Gasteiger partial charge in [-0.1, -0.05) is 0 Å². The second-order valence-corrected chi connectivity index (χ2v) is 5.53. The lowest BCUT2D eigenvalue weighted by Crippen LogP contribution is -2.44. The zero-order chi connectivity index (χ0) is 14.3. The van der Waals surface area contributed by atoms with Crippen molar-refractivity contribution < 1.29 is 17.9 Å². The SMILES string of the molecule is COCCOc1ccc(S(=O)(=O)NNC(N)=S)cc1. The molecule has 0 atom stereocenters. The summed E-state index contributed by atoms with van der Waals surface area (Å²) in [5.41, 5.74) is 7.30. The molecule has 0 amide bonds. The van der Waals surface area contributed by atoms with Gasteiger partial charge in [-0.15, -0.1) is 4.83 Å². The van der Waals surface area contributed by atoms with Gasteiger partial charge in [0.15, 0.2) is 5.11 Å². The molecule has 19 heavy (non-hydrogen) atoms. The average molecular weight is 305 g/mol. The topological polar surface area (TPSA) is 103 Å². The number of hydrogen-bond donors (Lipinski definition) is 3. The second-order valence-electron chi connectivity index (χ2n) is 3.41. The minimum absolute atomic E-state index is 0.0651. The van der Waals surface area contributed by atoms with Crippen LogP contribution in [0.25, 0.3) is 0 Å². The number of benzene rings is 1. The Balaban J connectivity index is 2.67. The van der Waals surface area contributed by atoms with E-state index in [-0.39, 0.29) is 10.0 Å². The van der Waals surface area contributed by atoms with E-state index in [0.717, 1.165) is 0 Å². The summed E-state index contributed by atoms with van der Waals surface area (Å²) >= 11 is 4.50. The third-order valence-corrected chi connectivity index (χ3v) is 3.36. The number of thiocarbonyl (C=S) groups is 1. The monoisotopic (exact) mass is 305 g/mol. The van der Waals surface area contributed by atoms with Gasteiger partial charge < -0.3 is 15.2 Å². The summed E-state index contributed by atoms with van der Waals surface area (Å²) in [6.45, 7) is 0.851. The van der Waals surface area contributed by atoms with Gasteiger partial charge in [0.2, 0.25) is 0 Å². The Morgan fingerprint density at radius 2 is 1.95 bits per heavy atom. The third kappa shape index (κ3) is 5.39. The number of sulfonamides is 1. The fourth-order valence-corrected chi connectivity index (χ4v) is 2.11. The second kappa shape index (κ2) is 7.24. The first-order chi connectivity index (χ1) is 8.95. The van der Waals surface area contributed by atoms with E-state index in [0.29, 0.717) is 19.0 Å². The van der Waals surface area contributed by atoms with Crippen molar-refractivity contribution in [2.24, 2.45) is 5.73 Å². The Kier molecular flexibility index (Phi) is 5.96. The minimum atomic E-state index is -3.71. The first-order valence-electron chi connectivity index (χ1n) is 5.25. The zero-order valence-electron chi connectivity index (χ0n) is 10.3. The maximum Gasteiger partial charge on any atom is 0.257 e. The van der Waals surface area contributed by atoms with Crippen LogP contribution in [0.15, 0.2) is 29.2 Å². The molecule has 0 aliphatic heterocycles. The normalized spacial score (nSPS) is 11.0. The Labute approximate surface area is 117 Å². The number of hydrogen-bond acceptors (Lipinski definition) is 5. The van der Waals surface area contributed by atoms with Gasteiger partial charge in [-0.3, -0.25) is 5.43 Å². The molecule has 9 heteroatoms. The van der Waals surface area contributed by atoms with Crippen LogP contribution in [0.3, 0.4) is 0 Å². The molecule has 0 heterocycles. The highest BCUT2D eigenvalue weighted by atomic mass is 32.2. The van der Waals surface area contributed by atoms with E-state index in [1.54, 1.807) is 19.2 Å². The van der Waals surface area contributed by atoms with Gasteiger partial charge in [0.05, 0.1) is 11.5 Å². The number of ether oxygens (including phenoxy) is 2. The Bertz CT molecular complexity index is 516. The summed E-state index contributed by atoms with van der Waals surface area (Å²) < 4.78 is 33.7. The van der Waals surface area contributed by atoms with Crippen molar-refractivity contribution in [2.45, 2.75) is 4.90 Å². The summed E-state index contributed by atoms with van der Waals surface area (Å²) in [6, 6.07) is 5.91. The van der Waals surface area contributed by atoms with Gasteiger partial charge in [0.25, 0.3) is 10.0 Å². The molecule has 106 valence electrons. The van der Waals surface area contributed by atoms with Gasteiger partial charge >= 0.3 is 0 Å². The first-order valence-corrected chi connectivity index (χ1v) is 7.14. The molecule has 0 fully saturated rings. The number of rotatable bonds is 7. The van der Waals surface area contributed by atoms with E-state index in [1.165, 1.54) is 12.1 Å². The predicted octanol–water partition coefficient (Wildman–Crippen LogP) is -0.262. The summed E-state index contributed by atoms with van der Waals surface area (Å²) in [5.74, 6) is 0.554. The molecule has 0 bridgehead atoms. The van der Waals surface area contributed by atoms with Crippen LogP contribution in [0.1, 0.15) is 0 Å². The maximum atomic E-state index is 11.8. The van der Waals surface area contributed by atoms with Crippen LogP contribution in [0.2, 0.25) is 0 Å². The highest BCUT2D eigenvalue weighted by Gasteiger charge is 2.13. The van der Waals surface area contributed by atoms with Gasteiger partial charge in [0.1, 0.15) is 12.4 Å². The molecule has 4 N–H and O–H groups in total. The molecule has 1 aromatic rings. The van der Waals surface area contributed by atoms with E-state index >= 15 is 0 Å². The molecule has 0 radical (unpaired) electrons. The molecule has 0 spiro atoms. The number of hydrazine groups is 1. The quantitative estimate of drug-likeness (QED) is 0.362.